The molecule has 1 aromatic heterocycles. The van der Waals surface area contributed by atoms with Gasteiger partial charge in [0.05, 0.1) is 5.70 Å². The first-order valence-corrected chi connectivity index (χ1v) is 6.21. The van der Waals surface area contributed by atoms with E-state index in [2.05, 4.69) is 10.3 Å². The van der Waals surface area contributed by atoms with Crippen molar-refractivity contribution in [3.05, 3.63) is 48.4 Å². The summed E-state index contributed by atoms with van der Waals surface area (Å²) in [6.45, 7) is 0.803. The van der Waals surface area contributed by atoms with Crippen molar-refractivity contribution in [3.8, 4) is 0 Å². The van der Waals surface area contributed by atoms with Crippen LogP contribution < -0.4 is 10.2 Å². The highest BCUT2D eigenvalue weighted by Crippen LogP contribution is 2.34. The number of carbonyl (C=O) groups excluding carboxylic acids is 1. The highest BCUT2D eigenvalue weighted by Gasteiger charge is 2.35. The quantitative estimate of drug-likeness (QED) is 0.878. The Balaban J connectivity index is 1.95. The van der Waals surface area contributed by atoms with Crippen molar-refractivity contribution in [1.29, 1.82) is 0 Å². The fourth-order valence-electron chi connectivity index (χ4n) is 1.97. The van der Waals surface area contributed by atoms with Crippen molar-refractivity contribution >= 4 is 11.7 Å². The zero-order chi connectivity index (χ0) is 12.4. The van der Waals surface area contributed by atoms with Gasteiger partial charge in [0.2, 0.25) is 5.91 Å². The fourth-order valence-corrected chi connectivity index (χ4v) is 1.97. The normalized spacial score (nSPS) is 17.9. The van der Waals surface area contributed by atoms with Crippen LogP contribution in [0.4, 0.5) is 5.82 Å². The zero-order valence-corrected chi connectivity index (χ0v) is 10.0. The molecule has 1 aliphatic heterocycles. The topological polar surface area (TPSA) is 45.2 Å². The number of anilines is 1. The average molecular weight is 241 g/mol. The van der Waals surface area contributed by atoms with Gasteiger partial charge in [-0.25, -0.2) is 4.98 Å². The largest absolute Gasteiger partial charge is 0.386 e. The first-order chi connectivity index (χ1) is 8.86. The van der Waals surface area contributed by atoms with Crippen LogP contribution >= 0.6 is 0 Å². The molecule has 4 heteroatoms. The average Bonchev–Trinajstić information content (AvgIpc) is 3.26. The van der Waals surface area contributed by atoms with Crippen LogP contribution in [-0.2, 0) is 4.79 Å². The first kappa shape index (κ1) is 11.0. The standard InChI is InChI=1S/C14H15N3O/c18-14(11-6-7-11)17(12-4-3-8-15-10-12)13-5-1-2-9-16-13/h1-5,9-11,15H,6-8H2. The Morgan fingerprint density at radius 3 is 2.89 bits per heavy atom. The van der Waals surface area contributed by atoms with E-state index in [1.165, 1.54) is 0 Å². The van der Waals surface area contributed by atoms with E-state index in [9.17, 15) is 4.79 Å². The predicted octanol–water partition coefficient (Wildman–Crippen LogP) is 1.83. The van der Waals surface area contributed by atoms with E-state index in [4.69, 9.17) is 0 Å². The molecule has 1 amide bonds. The van der Waals surface area contributed by atoms with Gasteiger partial charge in [-0.15, -0.1) is 0 Å². The van der Waals surface area contributed by atoms with Crippen molar-refractivity contribution in [2.45, 2.75) is 12.8 Å². The van der Waals surface area contributed by atoms with E-state index in [0.29, 0.717) is 5.82 Å². The number of nitrogens with zero attached hydrogens (tertiary/aromatic N) is 2. The second-order valence-corrected chi connectivity index (χ2v) is 4.52. The molecule has 0 bridgehead atoms. The summed E-state index contributed by atoms with van der Waals surface area (Å²) in [6, 6.07) is 5.62. The number of carbonyl (C=O) groups is 1. The molecule has 0 aromatic carbocycles. The number of nitrogens with one attached hydrogen (secondary N) is 1. The second kappa shape index (κ2) is 4.64. The summed E-state index contributed by atoms with van der Waals surface area (Å²) >= 11 is 0. The minimum atomic E-state index is 0.147. The molecular weight excluding hydrogens is 226 g/mol. The number of hydrogen-bond acceptors (Lipinski definition) is 3. The van der Waals surface area contributed by atoms with Crippen molar-refractivity contribution in [3.63, 3.8) is 0 Å². The van der Waals surface area contributed by atoms with Gasteiger partial charge in [-0.3, -0.25) is 9.69 Å². The molecule has 0 atom stereocenters. The molecule has 1 saturated carbocycles. The summed E-state index contributed by atoms with van der Waals surface area (Å²) < 4.78 is 0. The van der Waals surface area contributed by atoms with E-state index in [0.717, 1.165) is 25.1 Å². The van der Waals surface area contributed by atoms with Crippen LogP contribution in [0, 0.1) is 5.92 Å². The third-order valence-electron chi connectivity index (χ3n) is 3.06. The minimum Gasteiger partial charge on any atom is -0.386 e. The van der Waals surface area contributed by atoms with Gasteiger partial charge >= 0.3 is 0 Å². The number of aromatic nitrogens is 1. The molecular formula is C14H15N3O. The van der Waals surface area contributed by atoms with E-state index >= 15 is 0 Å². The van der Waals surface area contributed by atoms with Crippen LogP contribution in [0.3, 0.4) is 0 Å². The Morgan fingerprint density at radius 2 is 2.28 bits per heavy atom. The number of hydrogen-bond donors (Lipinski definition) is 1. The van der Waals surface area contributed by atoms with Crippen LogP contribution in [0.5, 0.6) is 0 Å². The van der Waals surface area contributed by atoms with Gasteiger partial charge in [0.15, 0.2) is 0 Å². The molecule has 0 unspecified atom stereocenters. The predicted molar refractivity (Wildman–Crippen MR) is 69.7 cm³/mol. The molecule has 3 rings (SSSR count). The van der Waals surface area contributed by atoms with Gasteiger partial charge in [0, 0.05) is 24.9 Å². The molecule has 2 heterocycles. The van der Waals surface area contributed by atoms with Crippen LogP contribution in [0.25, 0.3) is 0 Å². The van der Waals surface area contributed by atoms with E-state index in [1.807, 2.05) is 36.6 Å². The molecule has 1 N–H and O–H groups in total. The molecule has 92 valence electrons. The van der Waals surface area contributed by atoms with Crippen LogP contribution in [0.2, 0.25) is 0 Å². The number of rotatable bonds is 3. The van der Waals surface area contributed by atoms with Gasteiger partial charge in [-0.1, -0.05) is 12.1 Å². The Morgan fingerprint density at radius 1 is 1.39 bits per heavy atom. The molecule has 1 aliphatic carbocycles. The highest BCUT2D eigenvalue weighted by molar-refractivity contribution is 5.99. The number of allylic oxidation sites excluding steroid dienone is 1. The number of pyridine rings is 1. The monoisotopic (exact) mass is 241 g/mol. The summed E-state index contributed by atoms with van der Waals surface area (Å²) in [6.07, 6.45) is 9.54. The lowest BCUT2D eigenvalue weighted by Gasteiger charge is -2.24. The molecule has 1 fully saturated rings. The first-order valence-electron chi connectivity index (χ1n) is 6.21. The lowest BCUT2D eigenvalue weighted by Crippen LogP contribution is -2.33. The maximum absolute atomic E-state index is 12.4. The molecule has 0 saturated heterocycles. The Labute approximate surface area is 106 Å². The van der Waals surface area contributed by atoms with E-state index in [1.54, 1.807) is 11.1 Å². The molecule has 1 aromatic rings. The maximum Gasteiger partial charge on any atom is 0.235 e. The van der Waals surface area contributed by atoms with Crippen LogP contribution in [-0.4, -0.2) is 17.4 Å². The van der Waals surface area contributed by atoms with Crippen LogP contribution in [0.15, 0.2) is 48.4 Å². The van der Waals surface area contributed by atoms with Gasteiger partial charge in [0.25, 0.3) is 0 Å². The molecule has 0 radical (unpaired) electrons. The summed E-state index contributed by atoms with van der Waals surface area (Å²) in [7, 11) is 0. The number of amides is 1. The van der Waals surface area contributed by atoms with Crippen LogP contribution in [0.1, 0.15) is 12.8 Å². The summed E-state index contributed by atoms with van der Waals surface area (Å²) in [5, 5.41) is 3.13. The fraction of sp³-hybridized carbons (Fsp3) is 0.286. The third kappa shape index (κ3) is 2.14. The SMILES string of the molecule is O=C(C1CC1)N(C1=CNCC=C1)c1ccccn1. The van der Waals surface area contributed by atoms with Crippen molar-refractivity contribution in [1.82, 2.24) is 10.3 Å². The molecule has 0 spiro atoms. The zero-order valence-electron chi connectivity index (χ0n) is 10.0. The van der Waals surface area contributed by atoms with E-state index < -0.39 is 0 Å². The van der Waals surface area contributed by atoms with Gasteiger partial charge in [0.1, 0.15) is 5.82 Å². The van der Waals surface area contributed by atoms with Crippen molar-refractivity contribution in [2.75, 3.05) is 11.4 Å². The van der Waals surface area contributed by atoms with E-state index in [-0.39, 0.29) is 11.8 Å². The smallest absolute Gasteiger partial charge is 0.235 e. The highest BCUT2D eigenvalue weighted by atomic mass is 16.2. The maximum atomic E-state index is 12.4. The minimum absolute atomic E-state index is 0.147. The van der Waals surface area contributed by atoms with Gasteiger partial charge < -0.3 is 5.32 Å². The molecule has 4 nitrogen and oxygen atoms in total. The Bertz CT molecular complexity index is 503. The summed E-state index contributed by atoms with van der Waals surface area (Å²) in [5.74, 6) is 1.01. The van der Waals surface area contributed by atoms with Gasteiger partial charge in [-0.05, 0) is 31.1 Å². The lowest BCUT2D eigenvalue weighted by molar-refractivity contribution is -0.119. The van der Waals surface area contributed by atoms with Gasteiger partial charge in [-0.2, -0.15) is 0 Å². The Kier molecular flexibility index (Phi) is 2.84. The molecule has 18 heavy (non-hydrogen) atoms. The lowest BCUT2D eigenvalue weighted by atomic mass is 10.2. The second-order valence-electron chi connectivity index (χ2n) is 4.52. The molecule has 2 aliphatic rings. The third-order valence-corrected chi connectivity index (χ3v) is 3.06. The summed E-state index contributed by atoms with van der Waals surface area (Å²) in [4.78, 5) is 18.4. The Hall–Kier alpha value is -2.10. The van der Waals surface area contributed by atoms with Crippen molar-refractivity contribution in [2.24, 2.45) is 5.92 Å². The number of dihydropyridines is 1. The summed E-state index contributed by atoms with van der Waals surface area (Å²) in [5.41, 5.74) is 0.858. The van der Waals surface area contributed by atoms with Crippen molar-refractivity contribution < 1.29 is 4.79 Å².